The van der Waals surface area contributed by atoms with Crippen molar-refractivity contribution in [3.63, 3.8) is 0 Å². The molecule has 0 saturated carbocycles. The van der Waals surface area contributed by atoms with Crippen LogP contribution < -0.4 is 9.46 Å². The second-order valence-electron chi connectivity index (χ2n) is 5.15. The number of benzene rings is 2. The zero-order valence-corrected chi connectivity index (χ0v) is 13.4. The van der Waals surface area contributed by atoms with Crippen molar-refractivity contribution in [2.75, 3.05) is 6.26 Å². The van der Waals surface area contributed by atoms with Crippen LogP contribution in [0.5, 0.6) is 11.5 Å². The average Bonchev–Trinajstić information content (AvgIpc) is 2.36. The lowest BCUT2D eigenvalue weighted by Crippen LogP contribution is -2.29. The minimum atomic E-state index is -3.57. The van der Waals surface area contributed by atoms with E-state index in [4.69, 9.17) is 4.74 Å². The van der Waals surface area contributed by atoms with E-state index in [-0.39, 0.29) is 5.56 Å². The summed E-state index contributed by atoms with van der Waals surface area (Å²) in [7, 11) is -3.57. The maximum atomic E-state index is 11.7. The van der Waals surface area contributed by atoms with Crippen molar-refractivity contribution in [1.29, 1.82) is 0 Å². The lowest BCUT2D eigenvalue weighted by atomic mass is 10.1. The summed E-state index contributed by atoms with van der Waals surface area (Å²) in [4.78, 5) is 11.7. The maximum Gasteiger partial charge on any atom is 0.264 e. The normalized spacial score (nSPS) is 11.0. The van der Waals surface area contributed by atoms with Crippen LogP contribution in [0.1, 0.15) is 21.5 Å². The Balaban J connectivity index is 2.13. The van der Waals surface area contributed by atoms with E-state index >= 15 is 0 Å². The van der Waals surface area contributed by atoms with Gasteiger partial charge in [0.05, 0.1) is 6.26 Å². The van der Waals surface area contributed by atoms with Gasteiger partial charge in [0.25, 0.3) is 5.91 Å². The Morgan fingerprint density at radius 3 is 2.00 bits per heavy atom. The van der Waals surface area contributed by atoms with Crippen LogP contribution in [0.2, 0.25) is 0 Å². The van der Waals surface area contributed by atoms with E-state index in [2.05, 4.69) is 0 Å². The molecule has 0 heterocycles. The highest BCUT2D eigenvalue weighted by Crippen LogP contribution is 2.24. The van der Waals surface area contributed by atoms with Gasteiger partial charge < -0.3 is 4.74 Å². The van der Waals surface area contributed by atoms with Gasteiger partial charge in [0.2, 0.25) is 10.0 Å². The number of carbonyl (C=O) groups is 1. The molecule has 0 radical (unpaired) electrons. The van der Waals surface area contributed by atoms with Crippen molar-refractivity contribution in [2.45, 2.75) is 13.8 Å². The molecule has 2 aromatic carbocycles. The van der Waals surface area contributed by atoms with Gasteiger partial charge in [-0.3, -0.25) is 4.79 Å². The molecule has 0 atom stereocenters. The summed E-state index contributed by atoms with van der Waals surface area (Å²) < 4.78 is 29.7. The molecule has 1 amide bonds. The Morgan fingerprint density at radius 2 is 1.50 bits per heavy atom. The van der Waals surface area contributed by atoms with Crippen LogP contribution in [0.3, 0.4) is 0 Å². The molecule has 5 nitrogen and oxygen atoms in total. The van der Waals surface area contributed by atoms with Crippen molar-refractivity contribution in [3.8, 4) is 11.5 Å². The molecule has 0 unspecified atom stereocenters. The average molecular weight is 319 g/mol. The summed E-state index contributed by atoms with van der Waals surface area (Å²) in [6, 6.07) is 12.1. The van der Waals surface area contributed by atoms with Crippen LogP contribution >= 0.6 is 0 Å². The highest BCUT2D eigenvalue weighted by Gasteiger charge is 2.11. The van der Waals surface area contributed by atoms with Gasteiger partial charge in [-0.2, -0.15) is 0 Å². The quantitative estimate of drug-likeness (QED) is 0.940. The molecule has 0 aliphatic carbocycles. The van der Waals surface area contributed by atoms with E-state index in [1.807, 2.05) is 36.8 Å². The first-order chi connectivity index (χ1) is 10.2. The van der Waals surface area contributed by atoms with E-state index in [1.54, 1.807) is 12.1 Å². The summed E-state index contributed by atoms with van der Waals surface area (Å²) in [6.45, 7) is 3.97. The lowest BCUT2D eigenvalue weighted by molar-refractivity contribution is 0.0981. The summed E-state index contributed by atoms with van der Waals surface area (Å²) in [6.07, 6.45) is 0.933. The van der Waals surface area contributed by atoms with Gasteiger partial charge >= 0.3 is 0 Å². The number of aryl methyl sites for hydroxylation is 2. The van der Waals surface area contributed by atoms with Gasteiger partial charge in [-0.1, -0.05) is 6.07 Å². The largest absolute Gasteiger partial charge is 0.457 e. The third kappa shape index (κ3) is 4.60. The molecule has 116 valence electrons. The molecule has 0 saturated heterocycles. The summed E-state index contributed by atoms with van der Waals surface area (Å²) in [5.41, 5.74) is 2.44. The predicted molar refractivity (Wildman–Crippen MR) is 84.7 cm³/mol. The molecule has 0 aliphatic rings. The first-order valence-electron chi connectivity index (χ1n) is 6.61. The molecule has 1 N–H and O–H groups in total. The first-order valence-corrected chi connectivity index (χ1v) is 8.50. The van der Waals surface area contributed by atoms with Gasteiger partial charge in [0.1, 0.15) is 11.5 Å². The van der Waals surface area contributed by atoms with Crippen molar-refractivity contribution in [3.05, 3.63) is 59.2 Å². The number of hydrogen-bond acceptors (Lipinski definition) is 4. The standard InChI is InChI=1S/C16H17NO4S/c1-11-8-12(2)10-15(9-11)21-14-6-4-13(5-7-14)16(18)17-22(3,19)20/h4-10H,1-3H3,(H,17,18). The van der Waals surface area contributed by atoms with Gasteiger partial charge in [0.15, 0.2) is 0 Å². The number of carbonyl (C=O) groups excluding carboxylic acids is 1. The second-order valence-corrected chi connectivity index (χ2v) is 6.90. The zero-order valence-electron chi connectivity index (χ0n) is 12.6. The number of ether oxygens (including phenoxy) is 1. The van der Waals surface area contributed by atoms with Crippen molar-refractivity contribution in [1.82, 2.24) is 4.72 Å². The molecule has 0 aliphatic heterocycles. The highest BCUT2D eigenvalue weighted by atomic mass is 32.2. The fourth-order valence-corrected chi connectivity index (χ4v) is 2.48. The molecule has 0 aromatic heterocycles. The Hall–Kier alpha value is -2.34. The number of hydrogen-bond donors (Lipinski definition) is 1. The van der Waals surface area contributed by atoms with E-state index in [1.165, 1.54) is 12.1 Å². The minimum absolute atomic E-state index is 0.248. The van der Waals surface area contributed by atoms with Crippen molar-refractivity contribution in [2.24, 2.45) is 0 Å². The van der Waals surface area contributed by atoms with Crippen molar-refractivity contribution < 1.29 is 17.9 Å². The molecule has 0 spiro atoms. The number of rotatable bonds is 4. The number of nitrogens with one attached hydrogen (secondary N) is 1. The molecule has 0 bridgehead atoms. The van der Waals surface area contributed by atoms with Crippen molar-refractivity contribution >= 4 is 15.9 Å². The van der Waals surface area contributed by atoms with Crippen LogP contribution in [0.25, 0.3) is 0 Å². The minimum Gasteiger partial charge on any atom is -0.457 e. The van der Waals surface area contributed by atoms with Crippen LogP contribution in [0.4, 0.5) is 0 Å². The number of sulfonamides is 1. The van der Waals surface area contributed by atoms with E-state index in [0.717, 1.165) is 17.4 Å². The number of amides is 1. The fraction of sp³-hybridized carbons (Fsp3) is 0.188. The third-order valence-corrected chi connectivity index (χ3v) is 3.38. The Labute approximate surface area is 130 Å². The van der Waals surface area contributed by atoms with Crippen LogP contribution in [-0.2, 0) is 10.0 Å². The monoisotopic (exact) mass is 319 g/mol. The van der Waals surface area contributed by atoms with E-state index in [9.17, 15) is 13.2 Å². The van der Waals surface area contributed by atoms with Crippen LogP contribution in [0.15, 0.2) is 42.5 Å². The summed E-state index contributed by atoms with van der Waals surface area (Å²) >= 11 is 0. The van der Waals surface area contributed by atoms with Gasteiger partial charge in [0, 0.05) is 5.56 Å². The van der Waals surface area contributed by atoms with Gasteiger partial charge in [-0.25, -0.2) is 13.1 Å². The SMILES string of the molecule is Cc1cc(C)cc(Oc2ccc(C(=O)NS(C)(=O)=O)cc2)c1. The smallest absolute Gasteiger partial charge is 0.264 e. The summed E-state index contributed by atoms with van der Waals surface area (Å²) in [5.74, 6) is 0.618. The molecule has 0 fully saturated rings. The predicted octanol–water partition coefficient (Wildman–Crippen LogP) is 2.79. The first kappa shape index (κ1) is 16.0. The highest BCUT2D eigenvalue weighted by molar-refractivity contribution is 7.89. The van der Waals surface area contributed by atoms with Crippen LogP contribution in [-0.4, -0.2) is 20.6 Å². The zero-order chi connectivity index (χ0) is 16.3. The maximum absolute atomic E-state index is 11.7. The third-order valence-electron chi connectivity index (χ3n) is 2.83. The molecular formula is C16H17NO4S. The molecule has 6 heteroatoms. The molecular weight excluding hydrogens is 302 g/mol. The topological polar surface area (TPSA) is 72.5 Å². The summed E-state index contributed by atoms with van der Waals surface area (Å²) in [5, 5.41) is 0. The Kier molecular flexibility index (Phi) is 4.51. The molecule has 2 aromatic rings. The molecule has 2 rings (SSSR count). The second kappa shape index (κ2) is 6.19. The Morgan fingerprint density at radius 1 is 0.955 bits per heavy atom. The van der Waals surface area contributed by atoms with E-state index < -0.39 is 15.9 Å². The van der Waals surface area contributed by atoms with Crippen LogP contribution in [0, 0.1) is 13.8 Å². The van der Waals surface area contributed by atoms with Gasteiger partial charge in [-0.15, -0.1) is 0 Å². The Bertz CT molecular complexity index is 775. The fourth-order valence-electron chi connectivity index (χ4n) is 2.03. The van der Waals surface area contributed by atoms with E-state index in [0.29, 0.717) is 11.5 Å². The molecule has 22 heavy (non-hydrogen) atoms. The lowest BCUT2D eigenvalue weighted by Gasteiger charge is -2.08. The van der Waals surface area contributed by atoms with Gasteiger partial charge in [-0.05, 0) is 61.4 Å².